The maximum Gasteiger partial charge on any atom is 0.338 e. The molecule has 1 aliphatic rings. The van der Waals surface area contributed by atoms with Crippen molar-refractivity contribution < 1.29 is 19.1 Å². The number of esters is 1. The minimum atomic E-state index is -0.536. The third-order valence-corrected chi connectivity index (χ3v) is 6.33. The van der Waals surface area contributed by atoms with Gasteiger partial charge in [-0.1, -0.05) is 66.2 Å². The van der Waals surface area contributed by atoms with Crippen LogP contribution in [0.5, 0.6) is 5.75 Å². The molecule has 0 aliphatic carbocycles. The van der Waals surface area contributed by atoms with E-state index in [9.17, 15) is 9.59 Å². The monoisotopic (exact) mass is 478 g/mol. The van der Waals surface area contributed by atoms with Gasteiger partial charge in [-0.3, -0.25) is 4.79 Å². The second kappa shape index (κ2) is 10.0. The van der Waals surface area contributed by atoms with Crippen LogP contribution in [0.15, 0.2) is 96.1 Å². The van der Waals surface area contributed by atoms with Gasteiger partial charge >= 0.3 is 5.97 Å². The highest BCUT2D eigenvalue weighted by atomic mass is 16.5. The van der Waals surface area contributed by atoms with Crippen LogP contribution in [0.2, 0.25) is 0 Å². The molecule has 0 aromatic heterocycles. The Bertz CT molecular complexity index is 1460. The van der Waals surface area contributed by atoms with E-state index in [1.54, 1.807) is 25.3 Å². The zero-order valence-corrected chi connectivity index (χ0v) is 20.2. The smallest absolute Gasteiger partial charge is 0.338 e. The molecule has 1 aliphatic heterocycles. The number of carbonyl (C=O) groups excluding carboxylic acids is 2. The van der Waals surface area contributed by atoms with Crippen LogP contribution in [-0.2, 0) is 9.53 Å². The second-order valence-corrected chi connectivity index (χ2v) is 8.79. The van der Waals surface area contributed by atoms with Crippen molar-refractivity contribution in [2.75, 3.05) is 13.7 Å². The van der Waals surface area contributed by atoms with E-state index in [-0.39, 0.29) is 11.9 Å². The predicted molar refractivity (Wildman–Crippen MR) is 139 cm³/mol. The average molecular weight is 479 g/mol. The lowest BCUT2D eigenvalue weighted by Crippen LogP contribution is -2.31. The molecule has 0 saturated carbocycles. The first-order valence-electron chi connectivity index (χ1n) is 11.8. The summed E-state index contributed by atoms with van der Waals surface area (Å²) < 4.78 is 10.6. The molecule has 1 heterocycles. The summed E-state index contributed by atoms with van der Waals surface area (Å²) in [7, 11) is 1.62. The van der Waals surface area contributed by atoms with Crippen molar-refractivity contribution in [2.45, 2.75) is 19.4 Å². The number of ether oxygens (including phenoxy) is 2. The quantitative estimate of drug-likeness (QED) is 0.334. The Morgan fingerprint density at radius 1 is 0.917 bits per heavy atom. The number of aryl methyl sites for hydroxylation is 1. The lowest BCUT2D eigenvalue weighted by atomic mass is 9.97. The number of rotatable bonds is 6. The van der Waals surface area contributed by atoms with Gasteiger partial charge in [0.1, 0.15) is 5.75 Å². The van der Waals surface area contributed by atoms with Gasteiger partial charge in [0.05, 0.1) is 24.4 Å². The van der Waals surface area contributed by atoms with E-state index < -0.39 is 12.6 Å². The van der Waals surface area contributed by atoms with Crippen LogP contribution in [0.3, 0.4) is 0 Å². The number of hydrazone groups is 1. The molecule has 180 valence electrons. The highest BCUT2D eigenvalue weighted by Crippen LogP contribution is 2.34. The maximum absolute atomic E-state index is 13.3. The van der Waals surface area contributed by atoms with Gasteiger partial charge in [-0.25, -0.2) is 9.80 Å². The fraction of sp³-hybridized carbons (Fsp3) is 0.167. The number of benzene rings is 4. The molecule has 0 bridgehead atoms. The molecule has 1 atom stereocenters. The van der Waals surface area contributed by atoms with Gasteiger partial charge in [-0.05, 0) is 59.2 Å². The number of nitrogens with zero attached hydrogens (tertiary/aromatic N) is 2. The third kappa shape index (κ3) is 4.84. The van der Waals surface area contributed by atoms with E-state index in [1.165, 1.54) is 5.01 Å². The van der Waals surface area contributed by atoms with Crippen molar-refractivity contribution in [2.24, 2.45) is 5.10 Å². The van der Waals surface area contributed by atoms with Crippen LogP contribution in [0.1, 0.15) is 39.5 Å². The minimum absolute atomic E-state index is 0.317. The molecule has 6 heteroatoms. The first kappa shape index (κ1) is 23.3. The Hall–Kier alpha value is -4.45. The van der Waals surface area contributed by atoms with E-state index >= 15 is 0 Å². The maximum atomic E-state index is 13.3. The summed E-state index contributed by atoms with van der Waals surface area (Å²) in [6.45, 7) is 1.50. The Labute approximate surface area is 209 Å². The molecule has 36 heavy (non-hydrogen) atoms. The summed E-state index contributed by atoms with van der Waals surface area (Å²) in [5, 5.41) is 8.40. The Morgan fingerprint density at radius 3 is 2.44 bits per heavy atom. The van der Waals surface area contributed by atoms with Crippen molar-refractivity contribution in [3.63, 3.8) is 0 Å². The number of hydrogen-bond acceptors (Lipinski definition) is 5. The number of carbonyl (C=O) groups is 2. The highest BCUT2D eigenvalue weighted by Gasteiger charge is 2.33. The summed E-state index contributed by atoms with van der Waals surface area (Å²) >= 11 is 0. The molecule has 0 fully saturated rings. The van der Waals surface area contributed by atoms with Gasteiger partial charge in [0.2, 0.25) is 0 Å². The van der Waals surface area contributed by atoms with Gasteiger partial charge in [0, 0.05) is 6.42 Å². The van der Waals surface area contributed by atoms with Gasteiger partial charge in [0.15, 0.2) is 6.61 Å². The van der Waals surface area contributed by atoms with Crippen LogP contribution in [0.25, 0.3) is 10.8 Å². The van der Waals surface area contributed by atoms with Crippen LogP contribution < -0.4 is 4.74 Å². The van der Waals surface area contributed by atoms with Gasteiger partial charge in [-0.2, -0.15) is 5.10 Å². The van der Waals surface area contributed by atoms with Gasteiger partial charge < -0.3 is 9.47 Å². The van der Waals surface area contributed by atoms with E-state index in [2.05, 4.69) is 24.3 Å². The first-order valence-corrected chi connectivity index (χ1v) is 11.8. The molecule has 0 spiro atoms. The summed E-state index contributed by atoms with van der Waals surface area (Å²) in [6.07, 6.45) is 0.544. The van der Waals surface area contributed by atoms with Crippen LogP contribution in [-0.4, -0.2) is 36.3 Å². The zero-order valence-electron chi connectivity index (χ0n) is 20.2. The SMILES string of the molecule is COc1ccc([C@@H]2CC(c3ccc4ccccc4c3)=NN2C(=O)COC(=O)c2cccc(C)c2)cc1. The summed E-state index contributed by atoms with van der Waals surface area (Å²) in [6, 6.07) is 28.7. The molecule has 1 amide bonds. The lowest BCUT2D eigenvalue weighted by Gasteiger charge is -2.22. The number of methoxy groups -OCH3 is 1. The average Bonchev–Trinajstić information content (AvgIpc) is 3.37. The van der Waals surface area contributed by atoms with Crippen LogP contribution >= 0.6 is 0 Å². The summed E-state index contributed by atoms with van der Waals surface area (Å²) in [4.78, 5) is 25.8. The predicted octanol–water partition coefficient (Wildman–Crippen LogP) is 5.69. The molecule has 0 saturated heterocycles. The molecular weight excluding hydrogens is 452 g/mol. The molecular formula is C30H26N2O4. The third-order valence-electron chi connectivity index (χ3n) is 6.33. The van der Waals surface area contributed by atoms with Crippen LogP contribution in [0.4, 0.5) is 0 Å². The molecule has 4 aromatic carbocycles. The Balaban J connectivity index is 1.41. The second-order valence-electron chi connectivity index (χ2n) is 8.79. The standard InChI is InChI=1S/C30H26N2O4/c1-20-6-5-9-25(16-20)30(34)36-19-29(33)32-28(22-12-14-26(35-2)15-13-22)18-27(31-32)24-11-10-21-7-3-4-8-23(21)17-24/h3-17,28H,18-19H2,1-2H3/t28-/m0/s1. The fourth-order valence-electron chi connectivity index (χ4n) is 4.42. The largest absolute Gasteiger partial charge is 0.497 e. The minimum Gasteiger partial charge on any atom is -0.497 e. The number of hydrogen-bond donors (Lipinski definition) is 0. The molecule has 0 radical (unpaired) electrons. The molecule has 5 rings (SSSR count). The van der Waals surface area contributed by atoms with Crippen molar-refractivity contribution in [3.8, 4) is 5.75 Å². The zero-order chi connectivity index (χ0) is 25.1. The van der Waals surface area contributed by atoms with Crippen molar-refractivity contribution in [3.05, 3.63) is 113 Å². The molecule has 0 unspecified atom stereocenters. The van der Waals surface area contributed by atoms with Crippen LogP contribution in [0, 0.1) is 6.92 Å². The molecule has 4 aromatic rings. The van der Waals surface area contributed by atoms with Gasteiger partial charge in [-0.15, -0.1) is 0 Å². The first-order chi connectivity index (χ1) is 17.5. The highest BCUT2D eigenvalue weighted by molar-refractivity contribution is 6.05. The number of amides is 1. The number of fused-ring (bicyclic) bond motifs is 1. The van der Waals surface area contributed by atoms with Crippen molar-refractivity contribution >= 4 is 28.4 Å². The summed E-state index contributed by atoms with van der Waals surface area (Å²) in [5.74, 6) is -0.184. The lowest BCUT2D eigenvalue weighted by molar-refractivity contribution is -0.136. The van der Waals surface area contributed by atoms with E-state index in [1.807, 2.05) is 55.5 Å². The van der Waals surface area contributed by atoms with E-state index in [4.69, 9.17) is 14.6 Å². The van der Waals surface area contributed by atoms with Gasteiger partial charge in [0.25, 0.3) is 5.91 Å². The molecule has 0 N–H and O–H groups in total. The Morgan fingerprint density at radius 2 is 1.69 bits per heavy atom. The Kier molecular flexibility index (Phi) is 6.50. The topological polar surface area (TPSA) is 68.2 Å². The van der Waals surface area contributed by atoms with E-state index in [0.717, 1.165) is 38.9 Å². The molecule has 6 nitrogen and oxygen atoms in total. The van der Waals surface area contributed by atoms with Crippen molar-refractivity contribution in [1.82, 2.24) is 5.01 Å². The summed E-state index contributed by atoms with van der Waals surface area (Å²) in [5.41, 5.74) is 4.05. The van der Waals surface area contributed by atoms with Crippen molar-refractivity contribution in [1.29, 1.82) is 0 Å². The fourth-order valence-corrected chi connectivity index (χ4v) is 4.42. The van der Waals surface area contributed by atoms with E-state index in [0.29, 0.717) is 12.0 Å². The normalized spacial score (nSPS) is 15.0.